The van der Waals surface area contributed by atoms with Crippen LogP contribution >= 0.6 is 0 Å². The van der Waals surface area contributed by atoms with Gasteiger partial charge in [0.05, 0.1) is 19.2 Å². The zero-order valence-corrected chi connectivity index (χ0v) is 35.1. The Labute approximate surface area is 358 Å². The third-order valence-electron chi connectivity index (χ3n) is 13.3. The monoisotopic (exact) mass is 840 g/mol. The Morgan fingerprint density at radius 1 is 0.823 bits per heavy atom. The average molecular weight is 841 g/mol. The topological polar surface area (TPSA) is 158 Å². The van der Waals surface area contributed by atoms with E-state index in [0.717, 1.165) is 84.7 Å². The highest BCUT2D eigenvalue weighted by Gasteiger charge is 2.41. The van der Waals surface area contributed by atoms with Crippen LogP contribution in [0.4, 0.5) is 21.7 Å². The second-order valence-electron chi connectivity index (χ2n) is 17.4. The van der Waals surface area contributed by atoms with Gasteiger partial charge < -0.3 is 29.7 Å². The number of pyridine rings is 2. The number of aryl methyl sites for hydroxylation is 2. The van der Waals surface area contributed by atoms with E-state index < -0.39 is 11.9 Å². The van der Waals surface area contributed by atoms with Crippen LogP contribution < -0.4 is 20.3 Å². The molecule has 0 bridgehead atoms. The standard InChI is InChI=1S/C46H49FN10O5/c1-26-12-27(2)48-20-36(26)34-13-29-15-41(49-19-30(29)14-38(34)47)50-42-18-32-8-11-55(44(59)25-57(32)52-42)31-6-9-53(10-7-31)21-28-22-54(23-28)33-16-35-37(40(17-33)62-3)24-56(46(35)61)39-4-5-43(58)51-45(39)60/h12-20,28,31,39H,4-11,21-25H2,1-3H3,(H,49,50,52)(H,51,58,60). The Morgan fingerprint density at radius 2 is 1.65 bits per heavy atom. The molecule has 1 atom stereocenters. The number of nitrogens with zero attached hydrogens (tertiary/aromatic N) is 8. The van der Waals surface area contributed by atoms with Crippen molar-refractivity contribution in [2.75, 3.05) is 56.6 Å². The molecule has 1 unspecified atom stereocenters. The molecule has 3 aromatic heterocycles. The van der Waals surface area contributed by atoms with E-state index in [9.17, 15) is 19.2 Å². The number of hydrogen-bond acceptors (Lipinski definition) is 11. The lowest BCUT2D eigenvalue weighted by atomic mass is 9.95. The van der Waals surface area contributed by atoms with E-state index in [1.165, 1.54) is 6.07 Å². The number of anilines is 3. The molecule has 0 radical (unpaired) electrons. The fraction of sp³-hybridized carbons (Fsp3) is 0.413. The zero-order valence-electron chi connectivity index (χ0n) is 35.1. The summed E-state index contributed by atoms with van der Waals surface area (Å²) in [5.41, 5.74) is 6.33. The summed E-state index contributed by atoms with van der Waals surface area (Å²) in [7, 11) is 1.60. The predicted octanol–water partition coefficient (Wildman–Crippen LogP) is 4.75. The van der Waals surface area contributed by atoms with Crippen molar-refractivity contribution in [2.24, 2.45) is 5.92 Å². The molecule has 3 fully saturated rings. The van der Waals surface area contributed by atoms with E-state index in [1.807, 2.05) is 50.2 Å². The number of methoxy groups -OCH3 is 1. The molecule has 62 heavy (non-hydrogen) atoms. The minimum Gasteiger partial charge on any atom is -0.496 e. The Balaban J connectivity index is 0.715. The molecule has 2 N–H and O–H groups in total. The molecular formula is C46H49FN10O5. The molecule has 5 aromatic rings. The summed E-state index contributed by atoms with van der Waals surface area (Å²) >= 11 is 0. The molecule has 5 aliphatic heterocycles. The first kappa shape index (κ1) is 39.7. The Morgan fingerprint density at radius 3 is 2.42 bits per heavy atom. The van der Waals surface area contributed by atoms with Gasteiger partial charge in [-0.05, 0) is 74.4 Å². The number of nitrogens with one attached hydrogen (secondary N) is 2. The second kappa shape index (κ2) is 15.8. The van der Waals surface area contributed by atoms with E-state index in [-0.39, 0.29) is 49.1 Å². The minimum absolute atomic E-state index is 0.0780. The highest BCUT2D eigenvalue weighted by molar-refractivity contribution is 6.06. The summed E-state index contributed by atoms with van der Waals surface area (Å²) in [5.74, 6) is 1.12. The maximum absolute atomic E-state index is 15.2. The maximum atomic E-state index is 15.2. The first-order valence-electron chi connectivity index (χ1n) is 21.5. The van der Waals surface area contributed by atoms with Crippen LogP contribution in [0.1, 0.15) is 58.6 Å². The molecule has 10 rings (SSSR count). The van der Waals surface area contributed by atoms with Crippen LogP contribution in [0.25, 0.3) is 21.9 Å². The van der Waals surface area contributed by atoms with Crippen molar-refractivity contribution in [1.82, 2.24) is 39.8 Å². The number of likely N-dealkylation sites (tertiary alicyclic amines) is 1. The van der Waals surface area contributed by atoms with Crippen molar-refractivity contribution in [3.63, 3.8) is 0 Å². The Bertz CT molecular complexity index is 2650. The number of benzene rings is 2. The molecule has 2 aromatic carbocycles. The number of carbonyl (C=O) groups excluding carboxylic acids is 4. The van der Waals surface area contributed by atoms with Crippen molar-refractivity contribution in [2.45, 2.75) is 71.1 Å². The summed E-state index contributed by atoms with van der Waals surface area (Å²) in [4.78, 5) is 68.8. The summed E-state index contributed by atoms with van der Waals surface area (Å²) in [6, 6.07) is 12.6. The van der Waals surface area contributed by atoms with Crippen molar-refractivity contribution < 1.29 is 28.3 Å². The lowest BCUT2D eigenvalue weighted by Gasteiger charge is -2.45. The van der Waals surface area contributed by atoms with Crippen molar-refractivity contribution in [3.8, 4) is 16.9 Å². The number of halogens is 1. The van der Waals surface area contributed by atoms with Gasteiger partial charge in [-0.2, -0.15) is 5.10 Å². The SMILES string of the molecule is COc1cc(N2CC(CN3CCC(N4CCc5cc(Nc6cc7cc(-c8cnc(C)cc8C)c(F)cc7cn6)nn5CC4=O)CC3)C2)cc2c1CN(C1CCC(=O)NC1=O)C2=O. The smallest absolute Gasteiger partial charge is 0.255 e. The lowest BCUT2D eigenvalue weighted by molar-refractivity contribution is -0.137. The molecule has 3 saturated heterocycles. The van der Waals surface area contributed by atoms with Crippen LogP contribution in [0.15, 0.2) is 54.9 Å². The van der Waals surface area contributed by atoms with E-state index in [1.54, 1.807) is 29.1 Å². The van der Waals surface area contributed by atoms with Crippen molar-refractivity contribution >= 4 is 51.7 Å². The Hall–Kier alpha value is -6.42. The fourth-order valence-corrected chi connectivity index (χ4v) is 10.0. The minimum atomic E-state index is -0.671. The predicted molar refractivity (Wildman–Crippen MR) is 230 cm³/mol. The number of hydrogen-bond donors (Lipinski definition) is 2. The normalized spacial score (nSPS) is 20.0. The van der Waals surface area contributed by atoms with Gasteiger partial charge >= 0.3 is 0 Å². The number of piperidine rings is 2. The molecule has 0 aliphatic carbocycles. The van der Waals surface area contributed by atoms with Crippen LogP contribution in [0.2, 0.25) is 0 Å². The van der Waals surface area contributed by atoms with E-state index in [4.69, 9.17) is 9.84 Å². The summed E-state index contributed by atoms with van der Waals surface area (Å²) in [5, 5.41) is 11.9. The zero-order chi connectivity index (χ0) is 42.8. The first-order chi connectivity index (χ1) is 30.0. The summed E-state index contributed by atoms with van der Waals surface area (Å²) < 4.78 is 22.7. The summed E-state index contributed by atoms with van der Waals surface area (Å²) in [6.45, 7) is 9.53. The molecule has 15 nitrogen and oxygen atoms in total. The molecule has 8 heterocycles. The molecule has 4 amide bonds. The van der Waals surface area contributed by atoms with Crippen LogP contribution in [-0.2, 0) is 33.9 Å². The number of amides is 4. The van der Waals surface area contributed by atoms with Gasteiger partial charge in [0.15, 0.2) is 5.82 Å². The van der Waals surface area contributed by atoms with Gasteiger partial charge in [0.25, 0.3) is 5.91 Å². The van der Waals surface area contributed by atoms with Gasteiger partial charge in [-0.3, -0.25) is 34.2 Å². The second-order valence-corrected chi connectivity index (χ2v) is 17.4. The number of imide groups is 1. The molecule has 320 valence electrons. The van der Waals surface area contributed by atoms with E-state index >= 15 is 4.39 Å². The highest BCUT2D eigenvalue weighted by atomic mass is 19.1. The molecule has 0 spiro atoms. The van der Waals surface area contributed by atoms with Gasteiger partial charge in [-0.25, -0.2) is 9.37 Å². The molecule has 0 saturated carbocycles. The molecule has 5 aliphatic rings. The maximum Gasteiger partial charge on any atom is 0.255 e. The van der Waals surface area contributed by atoms with Gasteiger partial charge in [0.1, 0.15) is 30.0 Å². The summed E-state index contributed by atoms with van der Waals surface area (Å²) in [6.07, 6.45) is 6.44. The van der Waals surface area contributed by atoms with Crippen LogP contribution in [0, 0.1) is 25.6 Å². The van der Waals surface area contributed by atoms with Crippen LogP contribution in [-0.4, -0.2) is 117 Å². The fourth-order valence-electron chi connectivity index (χ4n) is 10.0. The van der Waals surface area contributed by atoms with E-state index in [2.05, 4.69) is 35.3 Å². The third-order valence-corrected chi connectivity index (χ3v) is 13.3. The van der Waals surface area contributed by atoms with Crippen LogP contribution in [0.3, 0.4) is 0 Å². The molecular weight excluding hydrogens is 792 g/mol. The van der Waals surface area contributed by atoms with Crippen LogP contribution in [0.5, 0.6) is 5.75 Å². The third kappa shape index (κ3) is 7.39. The van der Waals surface area contributed by atoms with Gasteiger partial charge in [-0.1, -0.05) is 0 Å². The number of ether oxygens (including phenoxy) is 1. The molecule has 16 heteroatoms. The van der Waals surface area contributed by atoms with E-state index in [0.29, 0.717) is 59.2 Å². The quantitative estimate of drug-likeness (QED) is 0.198. The van der Waals surface area contributed by atoms with Crippen molar-refractivity contribution in [1.29, 1.82) is 0 Å². The lowest BCUT2D eigenvalue weighted by Crippen LogP contribution is -2.54. The average Bonchev–Trinajstić information content (AvgIpc) is 3.72. The first-order valence-corrected chi connectivity index (χ1v) is 21.5. The number of carbonyl (C=O) groups is 4. The number of rotatable bonds is 9. The Kier molecular flexibility index (Phi) is 10.1. The van der Waals surface area contributed by atoms with Gasteiger partial charge in [-0.15, -0.1) is 0 Å². The number of fused-ring (bicyclic) bond motifs is 3. The van der Waals surface area contributed by atoms with Gasteiger partial charge in [0.2, 0.25) is 17.7 Å². The van der Waals surface area contributed by atoms with Gasteiger partial charge in [0, 0.05) is 128 Å². The highest BCUT2D eigenvalue weighted by Crippen LogP contribution is 2.39. The van der Waals surface area contributed by atoms with Crippen molar-refractivity contribution in [3.05, 3.63) is 88.8 Å². The number of aromatic nitrogens is 4. The largest absolute Gasteiger partial charge is 0.496 e.